The first-order valence-corrected chi connectivity index (χ1v) is 11.3. The van der Waals surface area contributed by atoms with Crippen molar-refractivity contribution in [1.82, 2.24) is 10.6 Å². The summed E-state index contributed by atoms with van der Waals surface area (Å²) in [6, 6.07) is 26.8. The standard InChI is InChI=1S/C28H29N3O2/c1-3-29-18-25-26(28(33)30-27(20(2)32)21-12-6-4-7-13-21)24-17-11-10-14-22(24)19-31(25)23-15-8-5-9-16-23/h4-17,27,29H,3,18-19H2,1-2H3,(H,30,33)/t27-/m1/s1. The molecule has 1 aliphatic rings. The number of carbonyl (C=O) groups excluding carboxylic acids is 2. The van der Waals surface area contributed by atoms with E-state index in [1.54, 1.807) is 0 Å². The molecular weight excluding hydrogens is 410 g/mol. The number of hydrogen-bond acceptors (Lipinski definition) is 4. The van der Waals surface area contributed by atoms with Crippen molar-refractivity contribution in [2.75, 3.05) is 18.0 Å². The second-order valence-corrected chi connectivity index (χ2v) is 8.11. The molecule has 3 aromatic carbocycles. The normalized spacial score (nSPS) is 13.9. The Morgan fingerprint density at radius 3 is 2.21 bits per heavy atom. The van der Waals surface area contributed by atoms with Gasteiger partial charge in [-0.05, 0) is 42.3 Å². The Morgan fingerprint density at radius 2 is 1.55 bits per heavy atom. The van der Waals surface area contributed by atoms with E-state index in [2.05, 4.69) is 33.7 Å². The lowest BCUT2D eigenvalue weighted by Gasteiger charge is -2.35. The van der Waals surface area contributed by atoms with Gasteiger partial charge in [-0.25, -0.2) is 0 Å². The highest BCUT2D eigenvalue weighted by Crippen LogP contribution is 2.35. The predicted octanol–water partition coefficient (Wildman–Crippen LogP) is 4.47. The molecule has 0 saturated carbocycles. The van der Waals surface area contributed by atoms with Crippen molar-refractivity contribution in [1.29, 1.82) is 0 Å². The van der Waals surface area contributed by atoms with Gasteiger partial charge < -0.3 is 15.5 Å². The molecule has 0 radical (unpaired) electrons. The number of nitrogens with zero attached hydrogens (tertiary/aromatic N) is 1. The molecule has 0 spiro atoms. The Hall–Kier alpha value is -3.70. The Labute approximate surface area is 195 Å². The molecular formula is C28H29N3O2. The van der Waals surface area contributed by atoms with Gasteiger partial charge in [-0.2, -0.15) is 0 Å². The Bertz CT molecular complexity index is 1160. The van der Waals surface area contributed by atoms with Crippen LogP contribution >= 0.6 is 0 Å². The zero-order valence-corrected chi connectivity index (χ0v) is 19.0. The minimum Gasteiger partial charge on any atom is -0.339 e. The number of carbonyl (C=O) groups is 2. The van der Waals surface area contributed by atoms with Crippen molar-refractivity contribution in [3.8, 4) is 0 Å². The van der Waals surface area contributed by atoms with Gasteiger partial charge in [-0.15, -0.1) is 0 Å². The Balaban J connectivity index is 1.81. The topological polar surface area (TPSA) is 61.4 Å². The molecule has 168 valence electrons. The molecule has 0 unspecified atom stereocenters. The third-order valence-corrected chi connectivity index (χ3v) is 5.88. The molecule has 1 amide bonds. The minimum absolute atomic E-state index is 0.104. The molecule has 0 fully saturated rings. The second-order valence-electron chi connectivity index (χ2n) is 8.11. The van der Waals surface area contributed by atoms with Crippen molar-refractivity contribution < 1.29 is 9.59 Å². The number of Topliss-reactive ketones (excluding diaryl/α,β-unsaturated/α-hetero) is 1. The van der Waals surface area contributed by atoms with E-state index in [0.717, 1.165) is 34.6 Å². The first-order valence-electron chi connectivity index (χ1n) is 11.3. The van der Waals surface area contributed by atoms with Gasteiger partial charge >= 0.3 is 0 Å². The number of nitrogens with one attached hydrogen (secondary N) is 2. The zero-order valence-electron chi connectivity index (χ0n) is 19.0. The Kier molecular flexibility index (Phi) is 7.01. The molecule has 5 heteroatoms. The van der Waals surface area contributed by atoms with Crippen LogP contribution in [-0.4, -0.2) is 24.8 Å². The monoisotopic (exact) mass is 439 g/mol. The summed E-state index contributed by atoms with van der Waals surface area (Å²) in [6.45, 7) is 5.55. The van der Waals surface area contributed by atoms with E-state index >= 15 is 0 Å². The average Bonchev–Trinajstić information content (AvgIpc) is 2.85. The zero-order chi connectivity index (χ0) is 23.2. The molecule has 0 saturated heterocycles. The number of para-hydroxylation sites is 1. The number of anilines is 1. The maximum atomic E-state index is 13.8. The SMILES string of the molecule is CCNCC1=C(C(=O)N[C@H](C(C)=O)c2ccccc2)c2ccccc2CN1c1ccccc1. The van der Waals surface area contributed by atoms with E-state index < -0.39 is 6.04 Å². The third-order valence-electron chi connectivity index (χ3n) is 5.88. The number of amides is 1. The van der Waals surface area contributed by atoms with Crippen LogP contribution in [0.1, 0.15) is 36.6 Å². The van der Waals surface area contributed by atoms with E-state index in [1.807, 2.05) is 73.7 Å². The molecule has 0 bridgehead atoms. The summed E-state index contributed by atoms with van der Waals surface area (Å²) in [5.74, 6) is -0.354. The summed E-state index contributed by atoms with van der Waals surface area (Å²) in [4.78, 5) is 28.5. The van der Waals surface area contributed by atoms with E-state index in [1.165, 1.54) is 6.92 Å². The van der Waals surface area contributed by atoms with Crippen molar-refractivity contribution in [3.05, 3.63) is 107 Å². The second kappa shape index (κ2) is 10.3. The summed E-state index contributed by atoms with van der Waals surface area (Å²) < 4.78 is 0. The van der Waals surface area contributed by atoms with Crippen LogP contribution < -0.4 is 15.5 Å². The highest BCUT2D eigenvalue weighted by Gasteiger charge is 2.31. The van der Waals surface area contributed by atoms with Gasteiger partial charge in [0.2, 0.25) is 0 Å². The molecule has 1 heterocycles. The van der Waals surface area contributed by atoms with E-state index in [9.17, 15) is 9.59 Å². The van der Waals surface area contributed by atoms with Crippen LogP contribution in [0.2, 0.25) is 0 Å². The molecule has 0 aliphatic carbocycles. The number of rotatable bonds is 8. The van der Waals surface area contributed by atoms with Gasteiger partial charge in [0.05, 0.1) is 5.57 Å². The van der Waals surface area contributed by atoms with Crippen LogP contribution in [0.4, 0.5) is 5.69 Å². The van der Waals surface area contributed by atoms with Crippen molar-refractivity contribution in [2.45, 2.75) is 26.4 Å². The maximum absolute atomic E-state index is 13.8. The van der Waals surface area contributed by atoms with Crippen LogP contribution in [0.5, 0.6) is 0 Å². The van der Waals surface area contributed by atoms with Crippen molar-refractivity contribution in [3.63, 3.8) is 0 Å². The smallest absolute Gasteiger partial charge is 0.254 e. The molecule has 0 aromatic heterocycles. The molecule has 2 N–H and O–H groups in total. The Morgan fingerprint density at radius 1 is 0.909 bits per heavy atom. The summed E-state index contributed by atoms with van der Waals surface area (Å²) >= 11 is 0. The number of hydrogen-bond donors (Lipinski definition) is 2. The van der Waals surface area contributed by atoms with E-state index in [4.69, 9.17) is 0 Å². The van der Waals surface area contributed by atoms with Crippen LogP contribution in [0.3, 0.4) is 0 Å². The summed E-state index contributed by atoms with van der Waals surface area (Å²) in [5, 5.41) is 6.42. The summed E-state index contributed by atoms with van der Waals surface area (Å²) in [6.07, 6.45) is 0. The average molecular weight is 440 g/mol. The first-order chi connectivity index (χ1) is 16.1. The lowest BCUT2D eigenvalue weighted by Crippen LogP contribution is -2.39. The van der Waals surface area contributed by atoms with Gasteiger partial charge in [-0.1, -0.05) is 79.7 Å². The predicted molar refractivity (Wildman–Crippen MR) is 133 cm³/mol. The number of benzene rings is 3. The highest BCUT2D eigenvalue weighted by atomic mass is 16.2. The highest BCUT2D eigenvalue weighted by molar-refractivity contribution is 6.22. The number of ketones is 1. The van der Waals surface area contributed by atoms with Gasteiger partial charge in [0.15, 0.2) is 5.78 Å². The first kappa shape index (κ1) is 22.5. The van der Waals surface area contributed by atoms with Gasteiger partial charge in [0, 0.05) is 24.5 Å². The fraction of sp³-hybridized carbons (Fsp3) is 0.214. The van der Waals surface area contributed by atoms with E-state index in [0.29, 0.717) is 18.7 Å². The number of fused-ring (bicyclic) bond motifs is 1. The lowest BCUT2D eigenvalue weighted by molar-refractivity contribution is -0.124. The van der Waals surface area contributed by atoms with Crippen LogP contribution in [0.15, 0.2) is 90.6 Å². The lowest BCUT2D eigenvalue weighted by atomic mass is 9.91. The molecule has 5 nitrogen and oxygen atoms in total. The molecule has 33 heavy (non-hydrogen) atoms. The van der Waals surface area contributed by atoms with Gasteiger partial charge in [0.1, 0.15) is 6.04 Å². The van der Waals surface area contributed by atoms with Crippen LogP contribution in [0, 0.1) is 0 Å². The van der Waals surface area contributed by atoms with Crippen molar-refractivity contribution >= 4 is 23.0 Å². The maximum Gasteiger partial charge on any atom is 0.254 e. The molecule has 3 aromatic rings. The van der Waals surface area contributed by atoms with E-state index in [-0.39, 0.29) is 11.7 Å². The van der Waals surface area contributed by atoms with Gasteiger partial charge in [-0.3, -0.25) is 9.59 Å². The fourth-order valence-electron chi connectivity index (χ4n) is 4.26. The van der Waals surface area contributed by atoms with Crippen LogP contribution in [0.25, 0.3) is 5.57 Å². The molecule has 4 rings (SSSR count). The van der Waals surface area contributed by atoms with Crippen molar-refractivity contribution in [2.24, 2.45) is 0 Å². The molecule has 1 atom stereocenters. The quantitative estimate of drug-likeness (QED) is 0.544. The summed E-state index contributed by atoms with van der Waals surface area (Å²) in [5.41, 5.74) is 5.28. The number of likely N-dealkylation sites (N-methyl/N-ethyl adjacent to an activating group) is 1. The largest absolute Gasteiger partial charge is 0.339 e. The van der Waals surface area contributed by atoms with Gasteiger partial charge in [0.25, 0.3) is 5.91 Å². The summed E-state index contributed by atoms with van der Waals surface area (Å²) in [7, 11) is 0. The fourth-order valence-corrected chi connectivity index (χ4v) is 4.26. The third kappa shape index (κ3) is 4.89. The minimum atomic E-state index is -0.703. The molecule has 1 aliphatic heterocycles. The van der Waals surface area contributed by atoms with Crippen LogP contribution in [-0.2, 0) is 16.1 Å².